The van der Waals surface area contributed by atoms with Crippen molar-refractivity contribution in [3.8, 4) is 0 Å². The van der Waals surface area contributed by atoms with E-state index in [2.05, 4.69) is 4.90 Å². The fraction of sp³-hybridized carbons (Fsp3) is 0.529. The van der Waals surface area contributed by atoms with Crippen LogP contribution >= 0.6 is 0 Å². The summed E-state index contributed by atoms with van der Waals surface area (Å²) in [6.07, 6.45) is 0.148. The number of amides is 1. The van der Waals surface area contributed by atoms with Crippen LogP contribution in [0.2, 0.25) is 0 Å². The van der Waals surface area contributed by atoms with Crippen molar-refractivity contribution in [2.45, 2.75) is 18.6 Å². The molecule has 0 saturated carbocycles. The van der Waals surface area contributed by atoms with Crippen LogP contribution in [0.1, 0.15) is 28.8 Å². The van der Waals surface area contributed by atoms with Crippen molar-refractivity contribution in [2.24, 2.45) is 0 Å². The lowest BCUT2D eigenvalue weighted by atomic mass is 9.98. The number of hydrogen-bond donors (Lipinski definition) is 2. The molecule has 1 atom stereocenters. The third-order valence-electron chi connectivity index (χ3n) is 4.64. The van der Waals surface area contributed by atoms with Crippen LogP contribution in [0.5, 0.6) is 0 Å². The molecule has 130 valence electrons. The molecule has 0 aromatic heterocycles. The van der Waals surface area contributed by atoms with Crippen LogP contribution in [0.3, 0.4) is 0 Å². The number of benzene rings is 1. The van der Waals surface area contributed by atoms with E-state index in [1.54, 1.807) is 24.3 Å². The monoisotopic (exact) mass is 334 g/mol. The Balaban J connectivity index is 1.73. The molecule has 1 fully saturated rings. The molecule has 2 aliphatic heterocycles. The largest absolute Gasteiger partial charge is 0.481 e. The highest BCUT2D eigenvalue weighted by Gasteiger charge is 2.49. The summed E-state index contributed by atoms with van der Waals surface area (Å²) in [5, 5.41) is 20.1. The fourth-order valence-electron chi connectivity index (χ4n) is 3.44. The Bertz CT molecular complexity index is 629. The number of morpholine rings is 1. The van der Waals surface area contributed by atoms with Crippen molar-refractivity contribution < 1.29 is 24.5 Å². The first kappa shape index (κ1) is 16.9. The zero-order valence-electron chi connectivity index (χ0n) is 13.5. The van der Waals surface area contributed by atoms with Gasteiger partial charge in [0.2, 0.25) is 0 Å². The Kier molecular flexibility index (Phi) is 4.84. The van der Waals surface area contributed by atoms with Gasteiger partial charge in [-0.2, -0.15) is 0 Å². The Morgan fingerprint density at radius 2 is 1.92 bits per heavy atom. The molecule has 24 heavy (non-hydrogen) atoms. The van der Waals surface area contributed by atoms with Crippen LogP contribution in [0.15, 0.2) is 24.3 Å². The number of nitrogens with zero attached hydrogens (tertiary/aromatic N) is 2. The highest BCUT2D eigenvalue weighted by molar-refractivity contribution is 6.00. The van der Waals surface area contributed by atoms with Crippen LogP contribution in [-0.4, -0.2) is 71.3 Å². The molecule has 1 amide bonds. The van der Waals surface area contributed by atoms with Crippen LogP contribution in [0.4, 0.5) is 0 Å². The molecule has 2 heterocycles. The lowest BCUT2D eigenvalue weighted by Gasteiger charge is -2.34. The van der Waals surface area contributed by atoms with E-state index in [0.717, 1.165) is 19.6 Å². The minimum absolute atomic E-state index is 0.309. The summed E-state index contributed by atoms with van der Waals surface area (Å²) in [4.78, 5) is 27.4. The number of ether oxygens (including phenoxy) is 1. The first-order valence-corrected chi connectivity index (χ1v) is 8.18. The maximum Gasteiger partial charge on any atom is 0.308 e. The quantitative estimate of drug-likeness (QED) is 0.787. The molecule has 1 saturated heterocycles. The van der Waals surface area contributed by atoms with Gasteiger partial charge < -0.3 is 19.8 Å². The van der Waals surface area contributed by atoms with Crippen LogP contribution in [0.25, 0.3) is 0 Å². The second-order valence-electron chi connectivity index (χ2n) is 6.20. The van der Waals surface area contributed by atoms with Crippen molar-refractivity contribution in [1.82, 2.24) is 9.80 Å². The van der Waals surface area contributed by atoms with Crippen molar-refractivity contribution in [3.05, 3.63) is 35.4 Å². The third-order valence-corrected chi connectivity index (χ3v) is 4.64. The summed E-state index contributed by atoms with van der Waals surface area (Å²) in [5.41, 5.74) is -1.01. The first-order chi connectivity index (χ1) is 11.5. The normalized spacial score (nSPS) is 24.2. The van der Waals surface area contributed by atoms with Gasteiger partial charge in [0.25, 0.3) is 5.91 Å². The van der Waals surface area contributed by atoms with Gasteiger partial charge in [-0.25, -0.2) is 0 Å². The van der Waals surface area contributed by atoms with E-state index in [1.807, 2.05) is 0 Å². The van der Waals surface area contributed by atoms with Gasteiger partial charge in [-0.1, -0.05) is 18.2 Å². The van der Waals surface area contributed by atoms with Gasteiger partial charge >= 0.3 is 5.97 Å². The Labute approximate surface area is 140 Å². The smallest absolute Gasteiger partial charge is 0.308 e. The SMILES string of the molecule is O=C(O)C[C@]1(O)c2ccccc2C(=O)N1CCCN1CCOCC1. The van der Waals surface area contributed by atoms with Crippen molar-refractivity contribution >= 4 is 11.9 Å². The van der Waals surface area contributed by atoms with Crippen LogP contribution in [-0.2, 0) is 15.3 Å². The number of carbonyl (C=O) groups is 2. The van der Waals surface area contributed by atoms with E-state index in [4.69, 9.17) is 4.74 Å². The van der Waals surface area contributed by atoms with Gasteiger partial charge in [0, 0.05) is 37.3 Å². The molecule has 1 aromatic rings. The summed E-state index contributed by atoms with van der Waals surface area (Å²) < 4.78 is 5.30. The predicted octanol–water partition coefficient (Wildman–Crippen LogP) is 0.485. The number of carboxylic acid groups (broad SMARTS) is 1. The van der Waals surface area contributed by atoms with E-state index in [9.17, 15) is 19.8 Å². The highest BCUT2D eigenvalue weighted by atomic mass is 16.5. The van der Waals surface area contributed by atoms with Crippen molar-refractivity contribution in [3.63, 3.8) is 0 Å². The number of hydrogen-bond acceptors (Lipinski definition) is 5. The zero-order chi connectivity index (χ0) is 17.2. The van der Waals surface area contributed by atoms with E-state index < -0.39 is 18.1 Å². The summed E-state index contributed by atoms with van der Waals surface area (Å²) in [6.45, 7) is 4.22. The molecule has 0 radical (unpaired) electrons. The Hall–Kier alpha value is -1.96. The fourth-order valence-corrected chi connectivity index (χ4v) is 3.44. The van der Waals surface area contributed by atoms with Gasteiger partial charge in [0.05, 0.1) is 19.6 Å². The predicted molar refractivity (Wildman–Crippen MR) is 85.5 cm³/mol. The molecule has 7 nitrogen and oxygen atoms in total. The lowest BCUT2D eigenvalue weighted by molar-refractivity contribution is -0.152. The summed E-state index contributed by atoms with van der Waals surface area (Å²) >= 11 is 0. The van der Waals surface area contributed by atoms with Crippen molar-refractivity contribution in [2.75, 3.05) is 39.4 Å². The molecule has 1 aromatic carbocycles. The maximum absolute atomic E-state index is 12.6. The minimum Gasteiger partial charge on any atom is -0.481 e. The molecule has 0 spiro atoms. The number of rotatable bonds is 6. The molecule has 0 bridgehead atoms. The zero-order valence-corrected chi connectivity index (χ0v) is 13.5. The van der Waals surface area contributed by atoms with E-state index in [0.29, 0.717) is 37.3 Å². The second-order valence-corrected chi connectivity index (χ2v) is 6.20. The maximum atomic E-state index is 12.6. The standard InChI is InChI=1S/C17H22N2O5/c20-15(21)12-17(23)14-5-2-1-4-13(14)16(22)19(17)7-3-6-18-8-10-24-11-9-18/h1-2,4-5,23H,3,6-12H2,(H,20,21)/t17-/m0/s1. The van der Waals surface area contributed by atoms with Crippen LogP contribution < -0.4 is 0 Å². The number of carbonyl (C=O) groups excluding carboxylic acids is 1. The number of aliphatic hydroxyl groups is 1. The third kappa shape index (κ3) is 3.15. The summed E-state index contributed by atoms with van der Waals surface area (Å²) in [5.74, 6) is -1.45. The number of aliphatic carboxylic acids is 1. The van der Waals surface area contributed by atoms with Crippen molar-refractivity contribution in [1.29, 1.82) is 0 Å². The van der Waals surface area contributed by atoms with Gasteiger partial charge in [-0.3, -0.25) is 14.5 Å². The van der Waals surface area contributed by atoms with Crippen LogP contribution in [0, 0.1) is 0 Å². The number of carboxylic acids is 1. The number of fused-ring (bicyclic) bond motifs is 1. The first-order valence-electron chi connectivity index (χ1n) is 8.18. The lowest BCUT2D eigenvalue weighted by Crippen LogP contribution is -2.46. The molecule has 0 unspecified atom stereocenters. The molecule has 2 N–H and O–H groups in total. The molecule has 0 aliphatic carbocycles. The molecular formula is C17H22N2O5. The van der Waals surface area contributed by atoms with Gasteiger partial charge in [-0.05, 0) is 12.5 Å². The molecule has 2 aliphatic rings. The highest BCUT2D eigenvalue weighted by Crippen LogP contribution is 2.39. The minimum atomic E-state index is -1.77. The average molecular weight is 334 g/mol. The summed E-state index contributed by atoms with van der Waals surface area (Å²) in [7, 11) is 0. The molecule has 3 rings (SSSR count). The molecule has 7 heteroatoms. The van der Waals surface area contributed by atoms with E-state index >= 15 is 0 Å². The molecular weight excluding hydrogens is 312 g/mol. The van der Waals surface area contributed by atoms with Gasteiger partial charge in [-0.15, -0.1) is 0 Å². The average Bonchev–Trinajstić information content (AvgIpc) is 2.77. The van der Waals surface area contributed by atoms with Gasteiger partial charge in [0.1, 0.15) is 0 Å². The van der Waals surface area contributed by atoms with E-state index in [-0.39, 0.29) is 5.91 Å². The summed E-state index contributed by atoms with van der Waals surface area (Å²) in [6, 6.07) is 6.68. The van der Waals surface area contributed by atoms with E-state index in [1.165, 1.54) is 4.90 Å². The Morgan fingerprint density at radius 1 is 1.21 bits per heavy atom. The second kappa shape index (κ2) is 6.88. The Morgan fingerprint density at radius 3 is 2.62 bits per heavy atom. The topological polar surface area (TPSA) is 90.3 Å². The van der Waals surface area contributed by atoms with Gasteiger partial charge in [0.15, 0.2) is 5.72 Å².